The molecule has 4 nitrogen and oxygen atoms in total. The quantitative estimate of drug-likeness (QED) is 0.793. The maximum atomic E-state index is 11.9. The van der Waals surface area contributed by atoms with Crippen LogP contribution in [-0.4, -0.2) is 21.6 Å². The largest absolute Gasteiger partial charge is 0.492 e. The molecule has 0 radical (unpaired) electrons. The van der Waals surface area contributed by atoms with E-state index in [1.165, 1.54) is 6.07 Å². The molecule has 0 bridgehead atoms. The van der Waals surface area contributed by atoms with Gasteiger partial charge in [0.15, 0.2) is 0 Å². The van der Waals surface area contributed by atoms with Crippen LogP contribution in [0.25, 0.3) is 0 Å². The van der Waals surface area contributed by atoms with Crippen molar-refractivity contribution in [1.82, 2.24) is 4.72 Å². The first kappa shape index (κ1) is 16.6. The second kappa shape index (κ2) is 6.98. The molecule has 1 aromatic heterocycles. The van der Waals surface area contributed by atoms with E-state index in [-0.39, 0.29) is 17.4 Å². The number of nitrogens with one attached hydrogen (secondary N) is 1. The summed E-state index contributed by atoms with van der Waals surface area (Å²) in [4.78, 5) is 0. The lowest BCUT2D eigenvalue weighted by atomic mass is 10.2. The molecule has 0 spiro atoms. The van der Waals surface area contributed by atoms with Gasteiger partial charge in [-0.15, -0.1) is 11.3 Å². The number of hydrogen-bond acceptors (Lipinski definition) is 4. The fraction of sp³-hybridized carbons (Fsp3) is 0.231. The average Bonchev–Trinajstić information content (AvgIpc) is 2.84. The molecular formula is C13H13Cl2NO3S2. The zero-order valence-corrected chi connectivity index (χ0v) is 14.2. The van der Waals surface area contributed by atoms with E-state index in [4.69, 9.17) is 27.9 Å². The van der Waals surface area contributed by atoms with Crippen LogP contribution in [0.4, 0.5) is 0 Å². The molecule has 8 heteroatoms. The molecule has 1 N–H and O–H groups in total. The van der Waals surface area contributed by atoms with Crippen LogP contribution in [0.3, 0.4) is 0 Å². The van der Waals surface area contributed by atoms with E-state index in [1.807, 2.05) is 6.92 Å². The van der Waals surface area contributed by atoms with Crippen molar-refractivity contribution in [3.63, 3.8) is 0 Å². The van der Waals surface area contributed by atoms with Crippen LogP contribution in [0.1, 0.15) is 5.56 Å². The molecular weight excluding hydrogens is 353 g/mol. The standard InChI is InChI=1S/C13H13Cl2NO3S2/c1-9-8-10(14)2-3-11(9)19-7-6-16-21(17,18)13-5-4-12(15)20-13/h2-5,8,16H,6-7H2,1H3. The topological polar surface area (TPSA) is 55.4 Å². The highest BCUT2D eigenvalue weighted by molar-refractivity contribution is 7.91. The van der Waals surface area contributed by atoms with Crippen molar-refractivity contribution in [2.75, 3.05) is 13.2 Å². The van der Waals surface area contributed by atoms with Crippen molar-refractivity contribution >= 4 is 44.6 Å². The number of rotatable bonds is 6. The van der Waals surface area contributed by atoms with Crippen LogP contribution in [0.2, 0.25) is 9.36 Å². The summed E-state index contributed by atoms with van der Waals surface area (Å²) in [5.74, 6) is 0.678. The van der Waals surface area contributed by atoms with Crippen molar-refractivity contribution in [1.29, 1.82) is 0 Å². The normalized spacial score (nSPS) is 11.6. The molecule has 114 valence electrons. The molecule has 0 aliphatic carbocycles. The number of sulfonamides is 1. The van der Waals surface area contributed by atoms with Crippen LogP contribution < -0.4 is 9.46 Å². The Balaban J connectivity index is 1.87. The summed E-state index contributed by atoms with van der Waals surface area (Å²) in [6.45, 7) is 2.26. The number of halogens is 2. The molecule has 1 heterocycles. The molecule has 0 atom stereocenters. The van der Waals surface area contributed by atoms with Gasteiger partial charge in [-0.25, -0.2) is 13.1 Å². The minimum Gasteiger partial charge on any atom is -0.492 e. The molecule has 2 rings (SSSR count). The van der Waals surface area contributed by atoms with Gasteiger partial charge in [0.05, 0.1) is 4.34 Å². The lowest BCUT2D eigenvalue weighted by Gasteiger charge is -2.10. The Kier molecular flexibility index (Phi) is 5.51. The second-order valence-electron chi connectivity index (χ2n) is 4.21. The monoisotopic (exact) mass is 365 g/mol. The minimum absolute atomic E-state index is 0.167. The second-order valence-corrected chi connectivity index (χ2v) is 8.36. The number of hydrogen-bond donors (Lipinski definition) is 1. The Morgan fingerprint density at radius 3 is 2.62 bits per heavy atom. The zero-order chi connectivity index (χ0) is 15.5. The molecule has 0 aliphatic rings. The Labute approximate surface area is 137 Å². The maximum absolute atomic E-state index is 11.9. The minimum atomic E-state index is -3.53. The number of ether oxygens (including phenoxy) is 1. The van der Waals surface area contributed by atoms with Gasteiger partial charge in [0, 0.05) is 11.6 Å². The Morgan fingerprint density at radius 1 is 1.24 bits per heavy atom. The van der Waals surface area contributed by atoms with E-state index in [0.29, 0.717) is 15.1 Å². The van der Waals surface area contributed by atoms with Crippen molar-refractivity contribution < 1.29 is 13.2 Å². The van der Waals surface area contributed by atoms with Crippen molar-refractivity contribution in [3.05, 3.63) is 45.3 Å². The van der Waals surface area contributed by atoms with Crippen molar-refractivity contribution in [2.45, 2.75) is 11.1 Å². The molecule has 1 aromatic carbocycles. The van der Waals surface area contributed by atoms with Crippen LogP contribution in [0.15, 0.2) is 34.5 Å². The predicted molar refractivity (Wildman–Crippen MR) is 86.2 cm³/mol. The summed E-state index contributed by atoms with van der Waals surface area (Å²) in [6.07, 6.45) is 0. The summed E-state index contributed by atoms with van der Waals surface area (Å²) in [7, 11) is -3.53. The van der Waals surface area contributed by atoms with Crippen molar-refractivity contribution in [3.8, 4) is 5.75 Å². The molecule has 0 aliphatic heterocycles. The predicted octanol–water partition coefficient (Wildman–Crippen LogP) is 3.72. The highest BCUT2D eigenvalue weighted by Crippen LogP contribution is 2.25. The van der Waals surface area contributed by atoms with Crippen molar-refractivity contribution in [2.24, 2.45) is 0 Å². The van der Waals surface area contributed by atoms with Gasteiger partial charge in [-0.1, -0.05) is 23.2 Å². The van der Waals surface area contributed by atoms with Gasteiger partial charge in [-0.2, -0.15) is 0 Å². The van der Waals surface area contributed by atoms with Crippen LogP contribution in [-0.2, 0) is 10.0 Å². The summed E-state index contributed by atoms with van der Waals surface area (Å²) in [5.41, 5.74) is 0.899. The number of thiophene rings is 1. The Bertz CT molecular complexity index is 729. The number of aryl methyl sites for hydroxylation is 1. The van der Waals surface area contributed by atoms with Gasteiger partial charge in [0.2, 0.25) is 10.0 Å². The summed E-state index contributed by atoms with van der Waals surface area (Å²) in [5, 5.41) is 0.634. The van der Waals surface area contributed by atoms with E-state index in [2.05, 4.69) is 4.72 Å². The fourth-order valence-corrected chi connectivity index (χ4v) is 4.39. The van der Waals surface area contributed by atoms with Gasteiger partial charge in [-0.05, 0) is 42.8 Å². The van der Waals surface area contributed by atoms with Gasteiger partial charge >= 0.3 is 0 Å². The first-order valence-electron chi connectivity index (χ1n) is 6.02. The zero-order valence-electron chi connectivity index (χ0n) is 11.1. The van der Waals surface area contributed by atoms with E-state index < -0.39 is 10.0 Å². The molecule has 0 unspecified atom stereocenters. The summed E-state index contributed by atoms with van der Waals surface area (Å²) >= 11 is 12.6. The lowest BCUT2D eigenvalue weighted by molar-refractivity contribution is 0.321. The highest BCUT2D eigenvalue weighted by Gasteiger charge is 2.15. The molecule has 0 saturated heterocycles. The van der Waals surface area contributed by atoms with E-state index in [1.54, 1.807) is 24.3 Å². The highest BCUT2D eigenvalue weighted by atomic mass is 35.5. The summed E-state index contributed by atoms with van der Waals surface area (Å²) < 4.78 is 32.5. The molecule has 2 aromatic rings. The van der Waals surface area contributed by atoms with Gasteiger partial charge < -0.3 is 4.74 Å². The fourth-order valence-electron chi connectivity index (χ4n) is 1.63. The third-order valence-corrected chi connectivity index (χ3v) is 6.02. The van der Waals surface area contributed by atoms with E-state index >= 15 is 0 Å². The molecule has 21 heavy (non-hydrogen) atoms. The Morgan fingerprint density at radius 2 is 2.00 bits per heavy atom. The molecule has 0 saturated carbocycles. The van der Waals surface area contributed by atoms with Gasteiger partial charge in [0.25, 0.3) is 0 Å². The SMILES string of the molecule is Cc1cc(Cl)ccc1OCCNS(=O)(=O)c1ccc(Cl)s1. The molecule has 0 fully saturated rings. The third-order valence-electron chi connectivity index (χ3n) is 2.60. The smallest absolute Gasteiger partial charge is 0.250 e. The van der Waals surface area contributed by atoms with E-state index in [0.717, 1.165) is 16.9 Å². The van der Waals surface area contributed by atoms with Gasteiger partial charge in [-0.3, -0.25) is 0 Å². The lowest BCUT2D eigenvalue weighted by Crippen LogP contribution is -2.27. The van der Waals surface area contributed by atoms with Gasteiger partial charge in [0.1, 0.15) is 16.6 Å². The molecule has 0 amide bonds. The van der Waals surface area contributed by atoms with E-state index in [9.17, 15) is 8.42 Å². The first-order chi connectivity index (χ1) is 9.88. The maximum Gasteiger partial charge on any atom is 0.250 e. The van der Waals surface area contributed by atoms with Crippen LogP contribution in [0.5, 0.6) is 5.75 Å². The Hall–Kier alpha value is -0.790. The number of benzene rings is 1. The van der Waals surface area contributed by atoms with Crippen LogP contribution in [0, 0.1) is 6.92 Å². The van der Waals surface area contributed by atoms with Crippen LogP contribution >= 0.6 is 34.5 Å². The summed E-state index contributed by atoms with van der Waals surface area (Å²) in [6, 6.07) is 8.29. The first-order valence-corrected chi connectivity index (χ1v) is 9.08. The average molecular weight is 366 g/mol. The third kappa shape index (κ3) is 4.59.